The molecule has 2 aromatic rings. The molecule has 22 heavy (non-hydrogen) atoms. The van der Waals surface area contributed by atoms with Crippen molar-refractivity contribution in [3.8, 4) is 11.8 Å². The summed E-state index contributed by atoms with van der Waals surface area (Å²) in [4.78, 5) is 10.1. The van der Waals surface area contributed by atoms with Gasteiger partial charge in [0.15, 0.2) is 0 Å². The third-order valence-corrected chi connectivity index (χ3v) is 5.40. The predicted octanol–water partition coefficient (Wildman–Crippen LogP) is 3.69. The molecule has 1 aromatic carbocycles. The number of ether oxygens (including phenoxy) is 2. The third kappa shape index (κ3) is 2.75. The largest absolute Gasteiger partial charge is 0.477 e. The number of aromatic nitrogens is 2. The maximum Gasteiger partial charge on any atom is 0.278 e. The highest BCUT2D eigenvalue weighted by Gasteiger charge is 2.34. The summed E-state index contributed by atoms with van der Waals surface area (Å²) in [5, 5.41) is 3.57. The summed E-state index contributed by atoms with van der Waals surface area (Å²) < 4.78 is 11.5. The molecule has 0 spiro atoms. The van der Waals surface area contributed by atoms with Crippen molar-refractivity contribution in [1.29, 1.82) is 0 Å². The van der Waals surface area contributed by atoms with Gasteiger partial charge in [-0.05, 0) is 25.1 Å². The van der Waals surface area contributed by atoms with Gasteiger partial charge < -0.3 is 14.8 Å². The second-order valence-corrected chi connectivity index (χ2v) is 7.09. The lowest BCUT2D eigenvalue weighted by Crippen LogP contribution is -2.38. The van der Waals surface area contributed by atoms with E-state index in [1.165, 1.54) is 4.90 Å². The zero-order chi connectivity index (χ0) is 15.7. The lowest BCUT2D eigenvalue weighted by atomic mass is 10.00. The smallest absolute Gasteiger partial charge is 0.278 e. The lowest BCUT2D eigenvalue weighted by Gasteiger charge is -2.36. The van der Waals surface area contributed by atoms with Crippen molar-refractivity contribution in [2.24, 2.45) is 0 Å². The SMILES string of the molecule is COc1ncc(C2(C)CSc3cc(Br)ccc3N2)nc1OC. The molecule has 2 heterocycles. The van der Waals surface area contributed by atoms with Gasteiger partial charge in [-0.25, -0.2) is 9.97 Å². The molecular weight excluding hydrogens is 366 g/mol. The van der Waals surface area contributed by atoms with Crippen molar-refractivity contribution in [2.75, 3.05) is 25.3 Å². The van der Waals surface area contributed by atoms with Gasteiger partial charge in [0, 0.05) is 20.8 Å². The second-order valence-electron chi connectivity index (χ2n) is 5.16. The van der Waals surface area contributed by atoms with E-state index >= 15 is 0 Å². The first-order chi connectivity index (χ1) is 10.6. The molecule has 1 aliphatic rings. The minimum atomic E-state index is -0.321. The maximum absolute atomic E-state index is 5.26. The molecule has 1 N–H and O–H groups in total. The van der Waals surface area contributed by atoms with Crippen LogP contribution in [0.3, 0.4) is 0 Å². The number of methoxy groups -OCH3 is 2. The molecule has 0 fully saturated rings. The summed E-state index contributed by atoms with van der Waals surface area (Å²) in [5.74, 6) is 1.64. The molecule has 1 unspecified atom stereocenters. The normalized spacial score (nSPS) is 20.0. The Labute approximate surface area is 142 Å². The average molecular weight is 382 g/mol. The molecule has 0 amide bonds. The van der Waals surface area contributed by atoms with Crippen LogP contribution in [0.15, 0.2) is 33.8 Å². The number of rotatable bonds is 3. The van der Waals surface area contributed by atoms with Gasteiger partial charge in [-0.3, -0.25) is 0 Å². The molecule has 0 saturated carbocycles. The molecule has 0 radical (unpaired) electrons. The van der Waals surface area contributed by atoms with Gasteiger partial charge in [0.2, 0.25) is 0 Å². The molecule has 1 aliphatic heterocycles. The van der Waals surface area contributed by atoms with E-state index in [0.717, 1.165) is 21.6 Å². The fourth-order valence-electron chi connectivity index (χ4n) is 2.31. The van der Waals surface area contributed by atoms with Gasteiger partial charge in [0.25, 0.3) is 11.8 Å². The molecule has 7 heteroatoms. The maximum atomic E-state index is 5.26. The van der Waals surface area contributed by atoms with Gasteiger partial charge in [-0.15, -0.1) is 11.8 Å². The minimum absolute atomic E-state index is 0.321. The highest BCUT2D eigenvalue weighted by atomic mass is 79.9. The van der Waals surface area contributed by atoms with Gasteiger partial charge >= 0.3 is 0 Å². The summed E-state index contributed by atoms with van der Waals surface area (Å²) in [7, 11) is 3.12. The van der Waals surface area contributed by atoms with E-state index in [0.29, 0.717) is 11.8 Å². The summed E-state index contributed by atoms with van der Waals surface area (Å²) >= 11 is 5.30. The van der Waals surface area contributed by atoms with E-state index in [-0.39, 0.29) is 5.54 Å². The summed E-state index contributed by atoms with van der Waals surface area (Å²) in [6.45, 7) is 2.11. The van der Waals surface area contributed by atoms with Crippen LogP contribution < -0.4 is 14.8 Å². The van der Waals surface area contributed by atoms with E-state index in [1.807, 2.05) is 6.07 Å². The Hall–Kier alpha value is -1.47. The van der Waals surface area contributed by atoms with Crippen LogP contribution in [0.4, 0.5) is 5.69 Å². The molecule has 5 nitrogen and oxygen atoms in total. The Morgan fingerprint density at radius 3 is 2.77 bits per heavy atom. The Morgan fingerprint density at radius 1 is 1.27 bits per heavy atom. The zero-order valence-corrected chi connectivity index (χ0v) is 14.9. The van der Waals surface area contributed by atoms with Gasteiger partial charge in [0.05, 0.1) is 31.6 Å². The minimum Gasteiger partial charge on any atom is -0.477 e. The van der Waals surface area contributed by atoms with Crippen molar-refractivity contribution in [1.82, 2.24) is 9.97 Å². The van der Waals surface area contributed by atoms with E-state index in [4.69, 9.17) is 9.47 Å². The van der Waals surface area contributed by atoms with Crippen LogP contribution in [0.25, 0.3) is 0 Å². The van der Waals surface area contributed by atoms with Crippen molar-refractivity contribution < 1.29 is 9.47 Å². The zero-order valence-electron chi connectivity index (χ0n) is 12.5. The number of halogens is 1. The molecule has 0 bridgehead atoms. The Bertz CT molecular complexity index is 713. The van der Waals surface area contributed by atoms with Crippen LogP contribution in [0.5, 0.6) is 11.8 Å². The van der Waals surface area contributed by atoms with E-state index in [9.17, 15) is 0 Å². The molecule has 0 aliphatic carbocycles. The van der Waals surface area contributed by atoms with Crippen LogP contribution >= 0.6 is 27.7 Å². The van der Waals surface area contributed by atoms with Crippen molar-refractivity contribution >= 4 is 33.4 Å². The van der Waals surface area contributed by atoms with Crippen molar-refractivity contribution in [3.05, 3.63) is 34.6 Å². The van der Waals surface area contributed by atoms with E-state index < -0.39 is 0 Å². The Morgan fingerprint density at radius 2 is 2.05 bits per heavy atom. The van der Waals surface area contributed by atoms with Gasteiger partial charge in [0.1, 0.15) is 0 Å². The summed E-state index contributed by atoms with van der Waals surface area (Å²) in [6.07, 6.45) is 1.73. The van der Waals surface area contributed by atoms with Gasteiger partial charge in [-0.2, -0.15) is 0 Å². The predicted molar refractivity (Wildman–Crippen MR) is 91.0 cm³/mol. The molecular formula is C15H16BrN3O2S. The van der Waals surface area contributed by atoms with Crippen LogP contribution in [0.2, 0.25) is 0 Å². The summed E-state index contributed by atoms with van der Waals surface area (Å²) in [6, 6.07) is 6.21. The third-order valence-electron chi connectivity index (χ3n) is 3.53. The Kier molecular flexibility index (Phi) is 4.18. The Balaban J connectivity index is 1.96. The standard InChI is InChI=1S/C15H16BrN3O2S/c1-15(12-7-17-13(20-2)14(18-12)21-3)8-22-11-6-9(16)4-5-10(11)19-15/h4-7,19H,8H2,1-3H3. The molecule has 0 saturated heterocycles. The van der Waals surface area contributed by atoms with Crippen molar-refractivity contribution in [2.45, 2.75) is 17.4 Å². The number of hydrogen-bond acceptors (Lipinski definition) is 6. The van der Waals surface area contributed by atoms with E-state index in [2.05, 4.69) is 50.3 Å². The van der Waals surface area contributed by atoms with Crippen molar-refractivity contribution in [3.63, 3.8) is 0 Å². The monoisotopic (exact) mass is 381 g/mol. The van der Waals surface area contributed by atoms with Crippen LogP contribution in [-0.4, -0.2) is 29.9 Å². The highest BCUT2D eigenvalue weighted by molar-refractivity contribution is 9.10. The summed E-state index contributed by atoms with van der Waals surface area (Å²) in [5.41, 5.74) is 1.60. The molecule has 3 rings (SSSR count). The van der Waals surface area contributed by atoms with Crippen LogP contribution in [0, 0.1) is 0 Å². The average Bonchev–Trinajstić information content (AvgIpc) is 2.54. The number of hydrogen-bond donors (Lipinski definition) is 1. The topological polar surface area (TPSA) is 56.3 Å². The number of nitrogens with one attached hydrogen (secondary N) is 1. The lowest BCUT2D eigenvalue weighted by molar-refractivity contribution is 0.327. The number of thioether (sulfide) groups is 1. The fraction of sp³-hybridized carbons (Fsp3) is 0.333. The first-order valence-corrected chi connectivity index (χ1v) is 8.49. The number of anilines is 1. The van der Waals surface area contributed by atoms with Crippen LogP contribution in [-0.2, 0) is 5.54 Å². The molecule has 1 aromatic heterocycles. The first kappa shape index (κ1) is 15.4. The number of fused-ring (bicyclic) bond motifs is 1. The highest BCUT2D eigenvalue weighted by Crippen LogP contribution is 2.42. The van der Waals surface area contributed by atoms with Gasteiger partial charge in [-0.1, -0.05) is 15.9 Å². The molecule has 1 atom stereocenters. The second kappa shape index (κ2) is 5.96. The molecule has 116 valence electrons. The number of nitrogens with zero attached hydrogens (tertiary/aromatic N) is 2. The first-order valence-electron chi connectivity index (χ1n) is 6.72. The van der Waals surface area contributed by atoms with E-state index in [1.54, 1.807) is 32.2 Å². The number of benzene rings is 1. The quantitative estimate of drug-likeness (QED) is 0.874. The fourth-order valence-corrected chi connectivity index (χ4v) is 3.97. The van der Waals surface area contributed by atoms with Crippen LogP contribution in [0.1, 0.15) is 12.6 Å².